The highest BCUT2D eigenvalue weighted by Gasteiger charge is 2.26. The first-order valence-electron chi connectivity index (χ1n) is 6.90. The van der Waals surface area contributed by atoms with Crippen molar-refractivity contribution >= 4 is 11.5 Å². The molecule has 0 saturated carbocycles. The Labute approximate surface area is 117 Å². The number of anilines is 1. The summed E-state index contributed by atoms with van der Waals surface area (Å²) in [6, 6.07) is 0. The van der Waals surface area contributed by atoms with E-state index in [-0.39, 0.29) is 16.7 Å². The van der Waals surface area contributed by atoms with Gasteiger partial charge in [0.1, 0.15) is 5.69 Å². The second-order valence-corrected chi connectivity index (χ2v) is 4.85. The molecule has 1 aliphatic rings. The molecule has 2 heterocycles. The second-order valence-electron chi connectivity index (χ2n) is 4.85. The van der Waals surface area contributed by atoms with Crippen molar-refractivity contribution in [2.75, 3.05) is 31.6 Å². The summed E-state index contributed by atoms with van der Waals surface area (Å²) in [5.41, 5.74) is 0.614. The van der Waals surface area contributed by atoms with Crippen LogP contribution in [-0.2, 0) is 18.2 Å². The van der Waals surface area contributed by atoms with E-state index in [4.69, 9.17) is 4.74 Å². The van der Waals surface area contributed by atoms with Crippen LogP contribution in [0.3, 0.4) is 0 Å². The Hall–Kier alpha value is -1.67. The van der Waals surface area contributed by atoms with E-state index in [9.17, 15) is 10.1 Å². The molecule has 1 aliphatic heterocycles. The molecule has 8 nitrogen and oxygen atoms in total. The lowest BCUT2D eigenvalue weighted by molar-refractivity contribution is -0.384. The lowest BCUT2D eigenvalue weighted by Gasteiger charge is -2.23. The molecule has 0 aliphatic carbocycles. The molecule has 1 saturated heterocycles. The standard InChI is InChI=1S/C12H21N5O3/c1-3-4-10-11(17(18)19)12(16(2)15-10)14-8-9-7-13-5-6-20-9/h9,13-14H,3-8H2,1-2H3. The van der Waals surface area contributed by atoms with Gasteiger partial charge in [0.25, 0.3) is 0 Å². The molecule has 0 amide bonds. The molecule has 0 radical (unpaired) electrons. The summed E-state index contributed by atoms with van der Waals surface area (Å²) in [4.78, 5) is 10.9. The molecule has 0 bridgehead atoms. The van der Waals surface area contributed by atoms with Crippen LogP contribution in [0.5, 0.6) is 0 Å². The summed E-state index contributed by atoms with van der Waals surface area (Å²) in [7, 11) is 1.72. The van der Waals surface area contributed by atoms with E-state index in [1.54, 1.807) is 11.7 Å². The molecule has 112 valence electrons. The number of aryl methyl sites for hydroxylation is 2. The van der Waals surface area contributed by atoms with Gasteiger partial charge in [-0.15, -0.1) is 0 Å². The molecule has 1 atom stereocenters. The fourth-order valence-electron chi connectivity index (χ4n) is 2.32. The summed E-state index contributed by atoms with van der Waals surface area (Å²) in [6.07, 6.45) is 1.45. The molecule has 0 spiro atoms. The maximum atomic E-state index is 11.3. The predicted octanol–water partition coefficient (Wildman–Crippen LogP) is 0.681. The Morgan fingerprint density at radius 2 is 2.45 bits per heavy atom. The van der Waals surface area contributed by atoms with E-state index < -0.39 is 0 Å². The Balaban J connectivity index is 2.11. The highest BCUT2D eigenvalue weighted by molar-refractivity contribution is 5.59. The van der Waals surface area contributed by atoms with Crippen LogP contribution in [0.1, 0.15) is 19.0 Å². The first kappa shape index (κ1) is 14.7. The fourth-order valence-corrected chi connectivity index (χ4v) is 2.32. The van der Waals surface area contributed by atoms with Crippen molar-refractivity contribution in [3.63, 3.8) is 0 Å². The van der Waals surface area contributed by atoms with E-state index in [2.05, 4.69) is 15.7 Å². The minimum Gasteiger partial charge on any atom is -0.374 e. The minimum atomic E-state index is -0.361. The average molecular weight is 283 g/mol. The maximum Gasteiger partial charge on any atom is 0.333 e. The van der Waals surface area contributed by atoms with Gasteiger partial charge in [0.15, 0.2) is 0 Å². The van der Waals surface area contributed by atoms with E-state index in [1.165, 1.54) is 0 Å². The van der Waals surface area contributed by atoms with Crippen molar-refractivity contribution in [1.82, 2.24) is 15.1 Å². The van der Waals surface area contributed by atoms with Gasteiger partial charge in [0, 0.05) is 26.7 Å². The normalized spacial score (nSPS) is 19.0. The van der Waals surface area contributed by atoms with Crippen LogP contribution in [-0.4, -0.2) is 47.0 Å². The summed E-state index contributed by atoms with van der Waals surface area (Å²) < 4.78 is 7.11. The van der Waals surface area contributed by atoms with Gasteiger partial charge in [-0.2, -0.15) is 5.10 Å². The number of nitro groups is 1. The Morgan fingerprint density at radius 1 is 1.65 bits per heavy atom. The molecule has 8 heteroatoms. The molecular formula is C12H21N5O3. The highest BCUT2D eigenvalue weighted by Crippen LogP contribution is 2.28. The summed E-state index contributed by atoms with van der Waals surface area (Å²) in [5, 5.41) is 21.8. The molecule has 20 heavy (non-hydrogen) atoms. The molecule has 1 fully saturated rings. The van der Waals surface area contributed by atoms with E-state index in [0.29, 0.717) is 31.1 Å². The lowest BCUT2D eigenvalue weighted by atomic mass is 10.2. The lowest BCUT2D eigenvalue weighted by Crippen LogP contribution is -2.42. The Bertz CT molecular complexity index is 468. The first-order chi connectivity index (χ1) is 9.63. The van der Waals surface area contributed by atoms with Gasteiger partial charge in [-0.25, -0.2) is 4.68 Å². The zero-order valence-corrected chi connectivity index (χ0v) is 11.9. The monoisotopic (exact) mass is 283 g/mol. The minimum absolute atomic E-state index is 0.0212. The van der Waals surface area contributed by atoms with Crippen molar-refractivity contribution in [3.8, 4) is 0 Å². The molecule has 2 N–H and O–H groups in total. The van der Waals surface area contributed by atoms with Crippen LogP contribution in [0.25, 0.3) is 0 Å². The van der Waals surface area contributed by atoms with Gasteiger partial charge >= 0.3 is 5.69 Å². The van der Waals surface area contributed by atoms with Gasteiger partial charge < -0.3 is 15.4 Å². The third-order valence-electron chi connectivity index (χ3n) is 3.26. The van der Waals surface area contributed by atoms with Gasteiger partial charge in [-0.05, 0) is 6.42 Å². The number of hydrogen-bond donors (Lipinski definition) is 2. The van der Waals surface area contributed by atoms with E-state index in [1.807, 2.05) is 6.92 Å². The zero-order valence-electron chi connectivity index (χ0n) is 11.9. The van der Waals surface area contributed by atoms with Crippen molar-refractivity contribution in [2.24, 2.45) is 7.05 Å². The van der Waals surface area contributed by atoms with Gasteiger partial charge in [-0.3, -0.25) is 10.1 Å². The van der Waals surface area contributed by atoms with Crippen molar-refractivity contribution in [2.45, 2.75) is 25.9 Å². The fraction of sp³-hybridized carbons (Fsp3) is 0.750. The van der Waals surface area contributed by atoms with Crippen LogP contribution < -0.4 is 10.6 Å². The number of ether oxygens (including phenoxy) is 1. The molecule has 2 rings (SSSR count). The zero-order chi connectivity index (χ0) is 14.5. The third-order valence-corrected chi connectivity index (χ3v) is 3.26. The highest BCUT2D eigenvalue weighted by atomic mass is 16.6. The first-order valence-corrected chi connectivity index (χ1v) is 6.90. The van der Waals surface area contributed by atoms with Gasteiger partial charge in [0.05, 0.1) is 17.6 Å². The third kappa shape index (κ3) is 3.26. The molecule has 1 unspecified atom stereocenters. The average Bonchev–Trinajstić information content (AvgIpc) is 2.74. The van der Waals surface area contributed by atoms with Crippen molar-refractivity contribution < 1.29 is 9.66 Å². The predicted molar refractivity (Wildman–Crippen MR) is 75.0 cm³/mol. The van der Waals surface area contributed by atoms with E-state index >= 15 is 0 Å². The Morgan fingerprint density at radius 3 is 3.05 bits per heavy atom. The van der Waals surface area contributed by atoms with Crippen LogP contribution >= 0.6 is 0 Å². The topological polar surface area (TPSA) is 94.2 Å². The Kier molecular flexibility index (Phi) is 4.91. The molecular weight excluding hydrogens is 262 g/mol. The van der Waals surface area contributed by atoms with Gasteiger partial charge in [0.2, 0.25) is 5.82 Å². The van der Waals surface area contributed by atoms with Crippen LogP contribution in [0.15, 0.2) is 0 Å². The molecule has 1 aromatic rings. The number of nitrogens with zero attached hydrogens (tertiary/aromatic N) is 3. The number of aromatic nitrogens is 2. The smallest absolute Gasteiger partial charge is 0.333 e. The second kappa shape index (κ2) is 6.67. The maximum absolute atomic E-state index is 11.3. The number of morpholine rings is 1. The van der Waals surface area contributed by atoms with Crippen LogP contribution in [0, 0.1) is 10.1 Å². The van der Waals surface area contributed by atoms with Crippen molar-refractivity contribution in [3.05, 3.63) is 15.8 Å². The van der Waals surface area contributed by atoms with Crippen LogP contribution in [0.4, 0.5) is 11.5 Å². The summed E-state index contributed by atoms with van der Waals surface area (Å²) in [5.74, 6) is 0.452. The molecule has 1 aromatic heterocycles. The molecule has 0 aromatic carbocycles. The van der Waals surface area contributed by atoms with Crippen LogP contribution in [0.2, 0.25) is 0 Å². The number of nitrogens with one attached hydrogen (secondary N) is 2. The van der Waals surface area contributed by atoms with E-state index in [0.717, 1.165) is 19.5 Å². The summed E-state index contributed by atoms with van der Waals surface area (Å²) >= 11 is 0. The number of hydrogen-bond acceptors (Lipinski definition) is 6. The SMILES string of the molecule is CCCc1nn(C)c(NCC2CNCCO2)c1[N+](=O)[O-]. The quantitative estimate of drug-likeness (QED) is 0.589. The van der Waals surface area contributed by atoms with Gasteiger partial charge in [-0.1, -0.05) is 13.3 Å². The summed E-state index contributed by atoms with van der Waals surface area (Å²) in [6.45, 7) is 4.77. The number of rotatable bonds is 6. The largest absolute Gasteiger partial charge is 0.374 e. The van der Waals surface area contributed by atoms with Crippen molar-refractivity contribution in [1.29, 1.82) is 0 Å².